The Kier molecular flexibility index (Phi) is 7.21. The van der Waals surface area contributed by atoms with Gasteiger partial charge < -0.3 is 10.2 Å². The maximum Gasteiger partial charge on any atom is 0.125 e. The molecule has 2 atom stereocenters. The molecule has 1 aliphatic carbocycles. The minimum atomic E-state index is 0.424. The Morgan fingerprint density at radius 2 is 2.20 bits per heavy atom. The molecule has 0 radical (unpaired) electrons. The number of aryl methyl sites for hydroxylation is 1. The fourth-order valence-electron chi connectivity index (χ4n) is 4.68. The van der Waals surface area contributed by atoms with Crippen molar-refractivity contribution in [2.75, 3.05) is 26.2 Å². The number of halogens is 1. The number of nitrogens with zero attached hydrogens (tertiary/aromatic N) is 4. The number of nitrogens with one attached hydrogen (secondary N) is 2. The molecule has 2 unspecified atom stereocenters. The number of rotatable bonds is 5. The highest BCUT2D eigenvalue weighted by atomic mass is 127. The van der Waals surface area contributed by atoms with Crippen LogP contribution in [0.3, 0.4) is 0 Å². The molecule has 30 heavy (non-hydrogen) atoms. The Balaban J connectivity index is 1.69. The van der Waals surface area contributed by atoms with Gasteiger partial charge in [0.1, 0.15) is 5.84 Å². The first-order valence-corrected chi connectivity index (χ1v) is 14.8. The van der Waals surface area contributed by atoms with E-state index in [1.165, 1.54) is 22.0 Å². The second-order valence-electron chi connectivity index (χ2n) is 8.04. The third kappa shape index (κ3) is 4.34. The lowest BCUT2D eigenvalue weighted by molar-refractivity contribution is 0.353. The maximum atomic E-state index is 8.87. The number of piperazine rings is 1. The van der Waals surface area contributed by atoms with Crippen molar-refractivity contribution in [2.45, 2.75) is 45.4 Å². The van der Waals surface area contributed by atoms with Gasteiger partial charge in [0, 0.05) is 49.0 Å². The number of hydrogen-bond acceptors (Lipinski definition) is 4. The van der Waals surface area contributed by atoms with E-state index < -0.39 is 0 Å². The molecule has 2 aromatic rings. The van der Waals surface area contributed by atoms with Crippen LogP contribution in [0.1, 0.15) is 49.7 Å². The summed E-state index contributed by atoms with van der Waals surface area (Å²) in [6.45, 7) is 8.06. The van der Waals surface area contributed by atoms with Crippen LogP contribution < -0.4 is 5.32 Å². The number of allylic oxidation sites excluding steroid dienone is 1. The first-order chi connectivity index (χ1) is 14.6. The van der Waals surface area contributed by atoms with Crippen molar-refractivity contribution >= 4 is 51.4 Å². The topological polar surface area (TPSA) is 69.3 Å². The first-order valence-electron chi connectivity index (χ1n) is 10.8. The summed E-state index contributed by atoms with van der Waals surface area (Å²) in [5, 5.41) is 18.2. The van der Waals surface area contributed by atoms with Crippen LogP contribution in [-0.2, 0) is 0 Å². The monoisotopic (exact) mass is 536 g/mol. The number of aliphatic imine (C=N–C) groups is 1. The third-order valence-electron chi connectivity index (χ3n) is 6.18. The van der Waals surface area contributed by atoms with Gasteiger partial charge in [-0.15, -0.1) is 0 Å². The van der Waals surface area contributed by atoms with Crippen molar-refractivity contribution in [1.82, 2.24) is 19.8 Å². The van der Waals surface area contributed by atoms with Crippen LogP contribution in [-0.4, -0.2) is 52.7 Å². The molecule has 0 spiro atoms. The summed E-state index contributed by atoms with van der Waals surface area (Å²) in [5.41, 5.74) is 6.24. The van der Waals surface area contributed by atoms with Crippen molar-refractivity contribution in [2.24, 2.45) is 4.99 Å². The van der Waals surface area contributed by atoms with Crippen LogP contribution in [0.25, 0.3) is 10.9 Å². The summed E-state index contributed by atoms with van der Waals surface area (Å²) >= 11 is 2.39. The van der Waals surface area contributed by atoms with Crippen LogP contribution in [0, 0.1) is 12.3 Å². The predicted molar refractivity (Wildman–Crippen MR) is 137 cm³/mol. The van der Waals surface area contributed by atoms with E-state index >= 15 is 0 Å². The Bertz CT molecular complexity index is 989. The highest BCUT2D eigenvalue weighted by molar-refractivity contribution is 14.2. The van der Waals surface area contributed by atoms with E-state index in [9.17, 15) is 0 Å². The lowest BCUT2D eigenvalue weighted by Crippen LogP contribution is -2.47. The zero-order valence-electron chi connectivity index (χ0n) is 17.7. The average Bonchev–Trinajstić information content (AvgIpc) is 3.20. The quantitative estimate of drug-likeness (QED) is 0.244. The van der Waals surface area contributed by atoms with Gasteiger partial charge in [-0.05, 0) is 77.8 Å². The smallest absolute Gasteiger partial charge is 0.125 e. The number of hydrogen-bond donors (Lipinski definition) is 2. The molecule has 2 N–H and O–H groups in total. The summed E-state index contributed by atoms with van der Waals surface area (Å²) in [6.07, 6.45) is 8.45. The van der Waals surface area contributed by atoms with Crippen LogP contribution in [0.15, 0.2) is 34.6 Å². The van der Waals surface area contributed by atoms with Gasteiger partial charge in [-0.3, -0.25) is 10.4 Å². The molecule has 1 aromatic heterocycles. The SMILES string of the molecule is CCC=NC1=C(C(=N)N2CCNCC2)CCC(c2c(C)ccc3c2cnn3PI)C1. The molecule has 0 bridgehead atoms. The Morgan fingerprint density at radius 1 is 1.40 bits per heavy atom. The summed E-state index contributed by atoms with van der Waals surface area (Å²) in [4.78, 5) is 7.07. The molecule has 1 fully saturated rings. The molecule has 1 aliphatic heterocycles. The van der Waals surface area contributed by atoms with Crippen LogP contribution in [0.5, 0.6) is 0 Å². The molecule has 1 saturated heterocycles. The van der Waals surface area contributed by atoms with E-state index in [2.05, 4.69) is 67.8 Å². The molecule has 2 aliphatic rings. The minimum Gasteiger partial charge on any atom is -0.354 e. The van der Waals surface area contributed by atoms with E-state index in [0.717, 1.165) is 63.1 Å². The number of aromatic nitrogens is 2. The van der Waals surface area contributed by atoms with Gasteiger partial charge in [0.25, 0.3) is 0 Å². The molecule has 6 nitrogen and oxygen atoms in total. The third-order valence-corrected chi connectivity index (χ3v) is 8.07. The fourth-order valence-corrected chi connectivity index (χ4v) is 6.22. The van der Waals surface area contributed by atoms with Crippen LogP contribution in [0.2, 0.25) is 0 Å². The van der Waals surface area contributed by atoms with Gasteiger partial charge in [0.15, 0.2) is 0 Å². The highest BCUT2D eigenvalue weighted by Crippen LogP contribution is 2.42. The second-order valence-corrected chi connectivity index (χ2v) is 10.1. The van der Waals surface area contributed by atoms with Gasteiger partial charge in [-0.25, -0.2) is 4.45 Å². The molecule has 0 amide bonds. The number of fused-ring (bicyclic) bond motifs is 1. The molecule has 160 valence electrons. The highest BCUT2D eigenvalue weighted by Gasteiger charge is 2.29. The Labute approximate surface area is 193 Å². The van der Waals surface area contributed by atoms with Crippen LogP contribution in [0.4, 0.5) is 0 Å². The van der Waals surface area contributed by atoms with Crippen LogP contribution >= 0.6 is 28.4 Å². The Hall–Kier alpha value is -1.31. The molecular formula is C22H30IN6P. The zero-order chi connectivity index (χ0) is 21.1. The normalized spacial score (nSPS) is 20.9. The van der Waals surface area contributed by atoms with E-state index in [1.807, 2.05) is 12.4 Å². The molecular weight excluding hydrogens is 506 g/mol. The fraction of sp³-hybridized carbons (Fsp3) is 0.500. The number of amidine groups is 1. The minimum absolute atomic E-state index is 0.424. The maximum absolute atomic E-state index is 8.87. The van der Waals surface area contributed by atoms with Gasteiger partial charge in [0.2, 0.25) is 0 Å². The summed E-state index contributed by atoms with van der Waals surface area (Å²) in [7, 11) is 0. The van der Waals surface area contributed by atoms with Crippen molar-refractivity contribution in [3.05, 3.63) is 40.7 Å². The molecule has 1 aromatic carbocycles. The van der Waals surface area contributed by atoms with Crippen molar-refractivity contribution in [1.29, 1.82) is 5.41 Å². The lowest BCUT2D eigenvalue weighted by atomic mass is 9.79. The van der Waals surface area contributed by atoms with E-state index in [1.54, 1.807) is 0 Å². The van der Waals surface area contributed by atoms with Crippen molar-refractivity contribution in [3.63, 3.8) is 0 Å². The molecule has 2 heterocycles. The summed E-state index contributed by atoms with van der Waals surface area (Å²) in [5.74, 6) is 1.11. The van der Waals surface area contributed by atoms with Gasteiger partial charge >= 0.3 is 0 Å². The van der Waals surface area contributed by atoms with Crippen molar-refractivity contribution in [3.8, 4) is 0 Å². The lowest BCUT2D eigenvalue weighted by Gasteiger charge is -2.34. The standard InChI is InChI=1S/C22H30IN6P/c1-3-8-26-19-13-16(5-6-17(19)22(24)28-11-9-25-10-12-28)21-15(2)4-7-20-18(21)14-27-29(20)30-23/h4,7-8,14,16,24-25,30H,3,5-6,9-13H2,1-2H3. The van der Waals surface area contributed by atoms with Gasteiger partial charge in [-0.2, -0.15) is 5.10 Å². The first kappa shape index (κ1) is 21.9. The van der Waals surface area contributed by atoms with Gasteiger partial charge in [-0.1, -0.05) is 13.0 Å². The van der Waals surface area contributed by atoms with Gasteiger partial charge in [0.05, 0.1) is 18.1 Å². The van der Waals surface area contributed by atoms with Crippen molar-refractivity contribution < 1.29 is 0 Å². The zero-order valence-corrected chi connectivity index (χ0v) is 20.9. The Morgan fingerprint density at radius 3 is 2.93 bits per heavy atom. The second kappa shape index (κ2) is 9.88. The predicted octanol–water partition coefficient (Wildman–Crippen LogP) is 5.02. The van der Waals surface area contributed by atoms with E-state index in [-0.39, 0.29) is 0 Å². The summed E-state index contributed by atoms with van der Waals surface area (Å²) < 4.78 is 2.10. The number of benzene rings is 1. The summed E-state index contributed by atoms with van der Waals surface area (Å²) in [6, 6.07) is 4.44. The molecule has 0 saturated carbocycles. The molecule has 8 heteroatoms. The molecule has 4 rings (SSSR count). The van der Waals surface area contributed by atoms with E-state index in [4.69, 9.17) is 10.4 Å². The van der Waals surface area contributed by atoms with E-state index in [0.29, 0.717) is 18.1 Å². The largest absolute Gasteiger partial charge is 0.354 e. The average molecular weight is 536 g/mol.